The third kappa shape index (κ3) is 5.79. The molecular weight excluding hydrogens is 752 g/mol. The molecule has 3 fully saturated rings. The number of nitriles is 1. The fraction of sp³-hybridized carbons (Fsp3) is 0.429. The van der Waals surface area contributed by atoms with Crippen LogP contribution in [0.15, 0.2) is 24.5 Å². The van der Waals surface area contributed by atoms with Crippen LogP contribution in [0.5, 0.6) is 6.01 Å². The third-order valence-corrected chi connectivity index (χ3v) is 12.4. The fourth-order valence-electron chi connectivity index (χ4n) is 8.46. The van der Waals surface area contributed by atoms with Crippen LogP contribution in [0.3, 0.4) is 0 Å². The van der Waals surface area contributed by atoms with Crippen molar-refractivity contribution in [1.82, 2.24) is 34.5 Å². The Morgan fingerprint density at radius 1 is 1.26 bits per heavy atom. The van der Waals surface area contributed by atoms with Crippen LogP contribution in [-0.4, -0.2) is 97.1 Å². The average molecular weight is 786 g/mol. The van der Waals surface area contributed by atoms with Gasteiger partial charge in [0, 0.05) is 48.4 Å². The number of nitrogens with two attached hydrogens (primary N) is 1. The van der Waals surface area contributed by atoms with E-state index in [0.717, 1.165) is 35.4 Å². The number of benzene rings is 2. The quantitative estimate of drug-likeness (QED) is 0.182. The molecule has 18 heteroatoms. The van der Waals surface area contributed by atoms with Gasteiger partial charge in [0.05, 0.1) is 26.9 Å². The smallest absolute Gasteiger partial charge is 0.346 e. The Balaban J connectivity index is 1.25. The number of carbonyl (C=O) groups is 1. The van der Waals surface area contributed by atoms with Crippen LogP contribution in [0.2, 0.25) is 10.3 Å². The van der Waals surface area contributed by atoms with Crippen molar-refractivity contribution in [2.24, 2.45) is 0 Å². The van der Waals surface area contributed by atoms with Gasteiger partial charge in [-0.25, -0.2) is 22.9 Å². The van der Waals surface area contributed by atoms with Crippen LogP contribution >= 0.6 is 34.5 Å². The molecule has 0 aliphatic carbocycles. The number of amides is 1. The molecule has 6 heterocycles. The summed E-state index contributed by atoms with van der Waals surface area (Å²) in [6.45, 7) is 5.78. The van der Waals surface area contributed by atoms with Crippen LogP contribution in [0, 0.1) is 23.0 Å². The number of nitrogen functional groups attached to an aromatic ring is 1. The number of nitrogens with zero attached hydrogens (tertiary/aromatic N) is 9. The van der Waals surface area contributed by atoms with Crippen LogP contribution in [0.1, 0.15) is 45.1 Å². The van der Waals surface area contributed by atoms with Gasteiger partial charge in [0.15, 0.2) is 5.82 Å². The summed E-state index contributed by atoms with van der Waals surface area (Å²) in [4.78, 5) is 32.5. The van der Waals surface area contributed by atoms with E-state index in [4.69, 9.17) is 38.7 Å². The van der Waals surface area contributed by atoms with Gasteiger partial charge in [0.1, 0.15) is 47.3 Å². The lowest BCUT2D eigenvalue weighted by molar-refractivity contribution is 0.107. The molecule has 0 saturated carbocycles. The van der Waals surface area contributed by atoms with Crippen LogP contribution in [0.4, 0.5) is 28.8 Å². The lowest BCUT2D eigenvalue weighted by atomic mass is 9.95. The Hall–Kier alpha value is -4.43. The monoisotopic (exact) mass is 784 g/mol. The number of anilines is 2. The summed E-state index contributed by atoms with van der Waals surface area (Å²) in [6, 6.07) is 4.97. The van der Waals surface area contributed by atoms with E-state index in [0.29, 0.717) is 38.3 Å². The predicted molar refractivity (Wildman–Crippen MR) is 196 cm³/mol. The van der Waals surface area contributed by atoms with Crippen molar-refractivity contribution in [3.8, 4) is 23.2 Å². The normalized spacial score (nSPS) is 22.9. The number of hydrogen-bond acceptors (Lipinski definition) is 11. The van der Waals surface area contributed by atoms with Gasteiger partial charge in [-0.05, 0) is 69.0 Å². The van der Waals surface area contributed by atoms with E-state index in [9.17, 15) is 18.8 Å². The molecule has 3 saturated heterocycles. The molecule has 276 valence electrons. The maximum absolute atomic E-state index is 17.2. The Morgan fingerprint density at radius 3 is 2.81 bits per heavy atom. The molecule has 0 spiro atoms. The molecule has 53 heavy (non-hydrogen) atoms. The van der Waals surface area contributed by atoms with Gasteiger partial charge in [0.2, 0.25) is 5.28 Å². The third-order valence-electron chi connectivity index (χ3n) is 10.9. The first-order valence-electron chi connectivity index (χ1n) is 17.2. The first-order chi connectivity index (χ1) is 25.4. The van der Waals surface area contributed by atoms with E-state index >= 15 is 4.39 Å². The van der Waals surface area contributed by atoms with Crippen molar-refractivity contribution in [3.63, 3.8) is 0 Å². The summed E-state index contributed by atoms with van der Waals surface area (Å²) >= 11 is 13.7. The van der Waals surface area contributed by atoms with Gasteiger partial charge in [-0.3, -0.25) is 4.90 Å². The number of rotatable bonds is 7. The predicted octanol–water partition coefficient (Wildman–Crippen LogP) is 7.05. The Kier molecular flexibility index (Phi) is 9.03. The average Bonchev–Trinajstić information content (AvgIpc) is 3.95. The number of aromatic nitrogens is 5. The molecule has 3 aliphatic heterocycles. The van der Waals surface area contributed by atoms with Crippen molar-refractivity contribution < 1.29 is 22.7 Å². The zero-order valence-electron chi connectivity index (χ0n) is 28.6. The largest absolute Gasteiger partial charge is 0.461 e. The number of likely N-dealkylation sites (N-methyl/N-ethyl adjacent to an activating group) is 1. The van der Waals surface area contributed by atoms with Gasteiger partial charge in [-0.1, -0.05) is 17.7 Å². The van der Waals surface area contributed by atoms with E-state index in [-0.39, 0.29) is 77.7 Å². The SMILES string of the molecule is CCN(C(=O)n1cnc(Cl)n1)[C@@H]1CCN(c2nc(OC[C@@]34CCCN3C[C@H](F)C4)nc3c(F)c(-c4ccc(F)c5sc(N)c(C#N)c45)c(Cl)cc23)[C@@H]1C. The van der Waals surface area contributed by atoms with Crippen molar-refractivity contribution in [1.29, 1.82) is 5.26 Å². The van der Waals surface area contributed by atoms with E-state index in [1.54, 1.807) is 11.0 Å². The van der Waals surface area contributed by atoms with Gasteiger partial charge in [-0.15, -0.1) is 16.4 Å². The second-order valence-electron chi connectivity index (χ2n) is 13.7. The summed E-state index contributed by atoms with van der Waals surface area (Å²) in [5.74, 6) is -1.10. The summed E-state index contributed by atoms with van der Waals surface area (Å²) in [6.07, 6.45) is 2.78. The number of alkyl halides is 1. The Labute approximate surface area is 315 Å². The highest BCUT2D eigenvalue weighted by Gasteiger charge is 2.49. The second kappa shape index (κ2) is 13.5. The number of carbonyl (C=O) groups excluding carboxylic acids is 1. The van der Waals surface area contributed by atoms with Crippen LogP contribution in [0.25, 0.3) is 32.1 Å². The molecule has 0 radical (unpaired) electrons. The first kappa shape index (κ1) is 35.6. The first-order valence-corrected chi connectivity index (χ1v) is 18.8. The van der Waals surface area contributed by atoms with E-state index in [1.807, 2.05) is 24.8 Å². The van der Waals surface area contributed by atoms with E-state index in [1.165, 1.54) is 18.5 Å². The van der Waals surface area contributed by atoms with Crippen molar-refractivity contribution in [3.05, 3.63) is 52.0 Å². The van der Waals surface area contributed by atoms with E-state index in [2.05, 4.69) is 20.0 Å². The number of thiophene rings is 1. The van der Waals surface area contributed by atoms with E-state index < -0.39 is 29.4 Å². The zero-order chi connectivity index (χ0) is 37.3. The maximum Gasteiger partial charge on any atom is 0.346 e. The number of hydrogen-bond donors (Lipinski definition) is 1. The fourth-order valence-corrected chi connectivity index (χ4v) is 9.83. The van der Waals surface area contributed by atoms with Gasteiger partial charge in [-0.2, -0.15) is 19.9 Å². The molecule has 1 amide bonds. The van der Waals surface area contributed by atoms with Gasteiger partial charge < -0.3 is 20.3 Å². The number of halogens is 5. The Bertz CT molecular complexity index is 2330. The highest BCUT2D eigenvalue weighted by molar-refractivity contribution is 7.23. The highest BCUT2D eigenvalue weighted by atomic mass is 35.5. The van der Waals surface area contributed by atoms with Gasteiger partial charge >= 0.3 is 12.0 Å². The molecule has 5 aromatic rings. The molecule has 12 nitrogen and oxygen atoms in total. The summed E-state index contributed by atoms with van der Waals surface area (Å²) in [5.41, 5.74) is 5.56. The summed E-state index contributed by atoms with van der Waals surface area (Å²) in [7, 11) is 0. The molecule has 2 N–H and O–H groups in total. The lowest BCUT2D eigenvalue weighted by Crippen LogP contribution is -2.48. The molecular formula is C35H33Cl2F3N10O2S. The molecule has 3 aliphatic rings. The maximum atomic E-state index is 17.2. The standard InChI is InChI=1S/C35H33Cl2F3N10O2S/c1-3-48(34(51)50-16-43-32(37)46-50)24-7-10-49(17(24)2)31-20-11-22(36)26(19-5-6-23(39)29-25(19)21(13-41)30(42)53-29)27(40)28(20)44-33(45-31)52-15-35-8-4-9-47(35)14-18(38)12-35/h5-6,11,16-18,24H,3-4,7-10,12,14-15,42H2,1-2H3/t17-,18-,24-,35+/m1/s1. The van der Waals surface area contributed by atoms with Crippen molar-refractivity contribution >= 4 is 72.4 Å². The summed E-state index contributed by atoms with van der Waals surface area (Å²) < 4.78 is 54.3. The van der Waals surface area contributed by atoms with Crippen LogP contribution in [-0.2, 0) is 0 Å². The minimum atomic E-state index is -0.980. The lowest BCUT2D eigenvalue weighted by Gasteiger charge is -2.33. The summed E-state index contributed by atoms with van der Waals surface area (Å²) in [5, 5.41) is 14.4. The number of fused-ring (bicyclic) bond motifs is 3. The van der Waals surface area contributed by atoms with Gasteiger partial charge in [0.25, 0.3) is 0 Å². The van der Waals surface area contributed by atoms with Crippen molar-refractivity contribution in [2.45, 2.75) is 63.3 Å². The molecule has 0 bridgehead atoms. The Morgan fingerprint density at radius 2 is 2.08 bits per heavy atom. The highest BCUT2D eigenvalue weighted by Crippen LogP contribution is 2.47. The molecule has 4 atom stereocenters. The minimum Gasteiger partial charge on any atom is -0.461 e. The molecule has 8 rings (SSSR count). The van der Waals surface area contributed by atoms with Crippen LogP contribution < -0.4 is 15.4 Å². The minimum absolute atomic E-state index is 0.0192. The number of ether oxygens (including phenoxy) is 1. The molecule has 2 aromatic carbocycles. The zero-order valence-corrected chi connectivity index (χ0v) is 31.0. The molecule has 3 aromatic heterocycles. The van der Waals surface area contributed by atoms with Crippen molar-refractivity contribution in [2.75, 3.05) is 43.4 Å². The second-order valence-corrected chi connectivity index (χ2v) is 15.5. The topological polar surface area (TPSA) is 142 Å². The molecule has 0 unspecified atom stereocenters.